The maximum atomic E-state index is 11.1. The molecule has 0 aliphatic heterocycles. The summed E-state index contributed by atoms with van der Waals surface area (Å²) < 4.78 is 0. The Hall–Kier alpha value is -1.26. The highest BCUT2D eigenvalue weighted by atomic mass is 16.4. The lowest BCUT2D eigenvalue weighted by Crippen LogP contribution is -2.38. The number of hydrogen-bond acceptors (Lipinski definition) is 2. The van der Waals surface area contributed by atoms with E-state index >= 15 is 0 Å². The molecule has 1 atom stereocenters. The molecule has 0 aromatic heterocycles. The van der Waals surface area contributed by atoms with Gasteiger partial charge in [0.2, 0.25) is 0 Å². The van der Waals surface area contributed by atoms with Crippen molar-refractivity contribution < 1.29 is 14.7 Å². The SMILES string of the molecule is CCNC(=O)NCC(CC(=O)O)CC(C)C. The number of hydrogen-bond donors (Lipinski definition) is 3. The van der Waals surface area contributed by atoms with E-state index in [4.69, 9.17) is 5.11 Å². The van der Waals surface area contributed by atoms with Crippen molar-refractivity contribution in [3.05, 3.63) is 0 Å². The zero-order valence-corrected chi connectivity index (χ0v) is 10.2. The van der Waals surface area contributed by atoms with E-state index in [0.29, 0.717) is 19.0 Å². The molecule has 5 nitrogen and oxygen atoms in total. The van der Waals surface area contributed by atoms with Crippen molar-refractivity contribution in [3.63, 3.8) is 0 Å². The summed E-state index contributed by atoms with van der Waals surface area (Å²) in [6, 6.07) is -0.235. The van der Waals surface area contributed by atoms with Crippen LogP contribution in [0.5, 0.6) is 0 Å². The Labute approximate surface area is 96.6 Å². The van der Waals surface area contributed by atoms with Crippen molar-refractivity contribution in [3.8, 4) is 0 Å². The average molecular weight is 230 g/mol. The summed E-state index contributed by atoms with van der Waals surface area (Å²) in [5.41, 5.74) is 0. The molecule has 0 bridgehead atoms. The number of rotatable bonds is 7. The second-order valence-corrected chi connectivity index (χ2v) is 4.33. The number of carboxylic acid groups (broad SMARTS) is 1. The van der Waals surface area contributed by atoms with Gasteiger partial charge in [-0.3, -0.25) is 4.79 Å². The Morgan fingerprint density at radius 3 is 2.31 bits per heavy atom. The fourth-order valence-electron chi connectivity index (χ4n) is 1.61. The topological polar surface area (TPSA) is 78.4 Å². The van der Waals surface area contributed by atoms with Crippen LogP contribution in [0.1, 0.15) is 33.6 Å². The zero-order valence-electron chi connectivity index (χ0n) is 10.2. The highest BCUT2D eigenvalue weighted by Crippen LogP contribution is 2.14. The van der Waals surface area contributed by atoms with Crippen molar-refractivity contribution in [1.29, 1.82) is 0 Å². The van der Waals surface area contributed by atoms with Crippen molar-refractivity contribution in [1.82, 2.24) is 10.6 Å². The van der Waals surface area contributed by atoms with E-state index in [9.17, 15) is 9.59 Å². The molecule has 94 valence electrons. The van der Waals surface area contributed by atoms with Gasteiger partial charge in [0, 0.05) is 19.5 Å². The summed E-state index contributed by atoms with van der Waals surface area (Å²) in [6.45, 7) is 6.90. The Morgan fingerprint density at radius 1 is 1.25 bits per heavy atom. The summed E-state index contributed by atoms with van der Waals surface area (Å²) in [5.74, 6) is -0.385. The van der Waals surface area contributed by atoms with Crippen LogP contribution in [0.15, 0.2) is 0 Å². The number of amides is 2. The van der Waals surface area contributed by atoms with E-state index < -0.39 is 5.97 Å². The van der Waals surface area contributed by atoms with Crippen LogP contribution in [-0.2, 0) is 4.79 Å². The first-order valence-corrected chi connectivity index (χ1v) is 5.69. The lowest BCUT2D eigenvalue weighted by molar-refractivity contribution is -0.138. The van der Waals surface area contributed by atoms with Gasteiger partial charge < -0.3 is 15.7 Å². The monoisotopic (exact) mass is 230 g/mol. The van der Waals surface area contributed by atoms with E-state index in [1.54, 1.807) is 0 Å². The van der Waals surface area contributed by atoms with Crippen LogP contribution in [0.4, 0.5) is 4.79 Å². The summed E-state index contributed by atoms with van der Waals surface area (Å²) in [5, 5.41) is 14.0. The molecular formula is C11H22N2O3. The molecule has 0 rings (SSSR count). The third kappa shape index (κ3) is 8.08. The first-order chi connectivity index (χ1) is 7.45. The second-order valence-electron chi connectivity index (χ2n) is 4.33. The minimum Gasteiger partial charge on any atom is -0.481 e. The third-order valence-corrected chi connectivity index (χ3v) is 2.16. The van der Waals surface area contributed by atoms with Gasteiger partial charge in [-0.25, -0.2) is 4.79 Å². The number of carbonyl (C=O) groups excluding carboxylic acids is 1. The molecule has 0 spiro atoms. The fraction of sp³-hybridized carbons (Fsp3) is 0.818. The summed E-state index contributed by atoms with van der Waals surface area (Å²) in [6.07, 6.45) is 0.906. The maximum absolute atomic E-state index is 11.1. The second kappa shape index (κ2) is 7.96. The quantitative estimate of drug-likeness (QED) is 0.619. The molecular weight excluding hydrogens is 208 g/mol. The molecule has 1 unspecified atom stereocenters. The van der Waals surface area contributed by atoms with E-state index in [1.807, 2.05) is 20.8 Å². The Bertz CT molecular complexity index is 229. The van der Waals surface area contributed by atoms with Gasteiger partial charge >= 0.3 is 12.0 Å². The van der Waals surface area contributed by atoms with E-state index in [1.165, 1.54) is 0 Å². The van der Waals surface area contributed by atoms with Crippen LogP contribution in [-0.4, -0.2) is 30.2 Å². The first-order valence-electron chi connectivity index (χ1n) is 5.69. The predicted molar refractivity (Wildman–Crippen MR) is 62.3 cm³/mol. The van der Waals surface area contributed by atoms with Crippen LogP contribution in [0.25, 0.3) is 0 Å². The smallest absolute Gasteiger partial charge is 0.314 e. The molecule has 0 heterocycles. The Balaban J connectivity index is 4.00. The molecule has 0 aromatic rings. The molecule has 0 fully saturated rings. The highest BCUT2D eigenvalue weighted by Gasteiger charge is 2.15. The van der Waals surface area contributed by atoms with Crippen LogP contribution in [0.3, 0.4) is 0 Å². The van der Waals surface area contributed by atoms with E-state index in [0.717, 1.165) is 6.42 Å². The largest absolute Gasteiger partial charge is 0.481 e. The molecule has 0 saturated heterocycles. The molecule has 5 heteroatoms. The van der Waals surface area contributed by atoms with Crippen molar-refractivity contribution in [2.75, 3.05) is 13.1 Å². The molecule has 3 N–H and O–H groups in total. The molecule has 2 amide bonds. The number of carboxylic acids is 1. The van der Waals surface area contributed by atoms with E-state index in [2.05, 4.69) is 10.6 Å². The van der Waals surface area contributed by atoms with Crippen molar-refractivity contribution in [2.24, 2.45) is 11.8 Å². The van der Waals surface area contributed by atoms with Crippen LogP contribution in [0, 0.1) is 11.8 Å². The maximum Gasteiger partial charge on any atom is 0.314 e. The van der Waals surface area contributed by atoms with E-state index in [-0.39, 0.29) is 18.4 Å². The number of nitrogens with one attached hydrogen (secondary N) is 2. The number of carbonyl (C=O) groups is 2. The summed E-state index contributed by atoms with van der Waals surface area (Å²) in [4.78, 5) is 21.8. The standard InChI is InChI=1S/C11H22N2O3/c1-4-12-11(16)13-7-9(5-8(2)3)6-10(14)15/h8-9H,4-7H2,1-3H3,(H,14,15)(H2,12,13,16). The highest BCUT2D eigenvalue weighted by molar-refractivity contribution is 5.73. The fourth-order valence-corrected chi connectivity index (χ4v) is 1.61. The van der Waals surface area contributed by atoms with Crippen LogP contribution >= 0.6 is 0 Å². The molecule has 16 heavy (non-hydrogen) atoms. The average Bonchev–Trinajstić information content (AvgIpc) is 2.13. The number of aliphatic carboxylic acids is 1. The lowest BCUT2D eigenvalue weighted by atomic mass is 9.94. The molecule has 0 aliphatic rings. The predicted octanol–water partition coefficient (Wildman–Crippen LogP) is 1.44. The van der Waals surface area contributed by atoms with Crippen LogP contribution in [0.2, 0.25) is 0 Å². The Kier molecular flexibility index (Phi) is 7.33. The van der Waals surface area contributed by atoms with Gasteiger partial charge in [-0.05, 0) is 25.2 Å². The summed E-state index contributed by atoms with van der Waals surface area (Å²) >= 11 is 0. The van der Waals surface area contributed by atoms with Gasteiger partial charge in [-0.1, -0.05) is 13.8 Å². The van der Waals surface area contributed by atoms with Gasteiger partial charge in [0.05, 0.1) is 0 Å². The van der Waals surface area contributed by atoms with Gasteiger partial charge in [-0.2, -0.15) is 0 Å². The van der Waals surface area contributed by atoms with Gasteiger partial charge in [-0.15, -0.1) is 0 Å². The Morgan fingerprint density at radius 2 is 1.88 bits per heavy atom. The minimum absolute atomic E-state index is 0.0000983. The zero-order chi connectivity index (χ0) is 12.6. The van der Waals surface area contributed by atoms with Gasteiger partial charge in [0.15, 0.2) is 0 Å². The molecule has 0 saturated carbocycles. The van der Waals surface area contributed by atoms with Crippen LogP contribution < -0.4 is 10.6 Å². The van der Waals surface area contributed by atoms with Crippen molar-refractivity contribution >= 4 is 12.0 Å². The first kappa shape index (κ1) is 14.7. The molecule has 0 radical (unpaired) electrons. The van der Waals surface area contributed by atoms with Gasteiger partial charge in [0.1, 0.15) is 0 Å². The normalized spacial score (nSPS) is 12.2. The van der Waals surface area contributed by atoms with Gasteiger partial charge in [0.25, 0.3) is 0 Å². The molecule has 0 aromatic carbocycles. The summed E-state index contributed by atoms with van der Waals surface area (Å²) in [7, 11) is 0. The van der Waals surface area contributed by atoms with Crippen molar-refractivity contribution in [2.45, 2.75) is 33.6 Å². The number of urea groups is 1. The third-order valence-electron chi connectivity index (χ3n) is 2.16. The molecule has 0 aliphatic carbocycles. The minimum atomic E-state index is -0.816. The lowest BCUT2D eigenvalue weighted by Gasteiger charge is -2.17.